The third-order valence-corrected chi connectivity index (χ3v) is 5.69. The number of aryl methyl sites for hydroxylation is 1. The van der Waals surface area contributed by atoms with E-state index in [1.807, 2.05) is 31.2 Å². The summed E-state index contributed by atoms with van der Waals surface area (Å²) >= 11 is 6.04. The van der Waals surface area contributed by atoms with Crippen molar-refractivity contribution in [3.05, 3.63) is 52.5 Å². The summed E-state index contributed by atoms with van der Waals surface area (Å²) in [6.07, 6.45) is 0. The van der Waals surface area contributed by atoms with E-state index in [1.165, 1.54) is 15.4 Å². The van der Waals surface area contributed by atoms with Gasteiger partial charge in [0.25, 0.3) is 5.91 Å². The number of halogens is 1. The Morgan fingerprint density at radius 3 is 2.38 bits per heavy atom. The molecule has 156 valence electrons. The number of carbonyl (C=O) groups excluding carboxylic acids is 1. The van der Waals surface area contributed by atoms with Gasteiger partial charge in [0.2, 0.25) is 0 Å². The zero-order valence-corrected chi connectivity index (χ0v) is 18.1. The second kappa shape index (κ2) is 9.96. The van der Waals surface area contributed by atoms with Gasteiger partial charge in [0.1, 0.15) is 32.7 Å². The molecular formula is C22H30ClN3O3+2. The van der Waals surface area contributed by atoms with Gasteiger partial charge in [-0.1, -0.05) is 17.7 Å². The lowest BCUT2D eigenvalue weighted by atomic mass is 10.1. The molecular weight excluding hydrogens is 390 g/mol. The molecule has 0 unspecified atom stereocenters. The number of methoxy groups -OCH3 is 2. The van der Waals surface area contributed by atoms with E-state index in [9.17, 15) is 4.79 Å². The highest BCUT2D eigenvalue weighted by atomic mass is 35.5. The molecule has 0 radical (unpaired) electrons. The minimum Gasteiger partial charge on any atom is -0.493 e. The van der Waals surface area contributed by atoms with Gasteiger partial charge in [-0.05, 0) is 42.8 Å². The molecule has 1 heterocycles. The highest BCUT2D eigenvalue weighted by Crippen LogP contribution is 2.27. The molecule has 1 aliphatic heterocycles. The Morgan fingerprint density at radius 2 is 1.69 bits per heavy atom. The molecule has 2 aromatic carbocycles. The van der Waals surface area contributed by atoms with Gasteiger partial charge in [0.05, 0.1) is 14.2 Å². The van der Waals surface area contributed by atoms with Gasteiger partial charge in [-0.2, -0.15) is 0 Å². The van der Waals surface area contributed by atoms with Crippen molar-refractivity contribution in [2.24, 2.45) is 0 Å². The van der Waals surface area contributed by atoms with Gasteiger partial charge >= 0.3 is 0 Å². The van der Waals surface area contributed by atoms with Crippen LogP contribution in [-0.2, 0) is 11.3 Å². The summed E-state index contributed by atoms with van der Waals surface area (Å²) < 4.78 is 10.7. The zero-order chi connectivity index (χ0) is 20.8. The molecule has 1 saturated heterocycles. The lowest BCUT2D eigenvalue weighted by Gasteiger charge is -2.29. The van der Waals surface area contributed by atoms with Gasteiger partial charge in [-0.25, -0.2) is 0 Å². The maximum absolute atomic E-state index is 12.4. The molecule has 0 spiro atoms. The van der Waals surface area contributed by atoms with Crippen LogP contribution in [0.5, 0.6) is 11.5 Å². The van der Waals surface area contributed by atoms with E-state index < -0.39 is 0 Å². The predicted molar refractivity (Wildman–Crippen MR) is 114 cm³/mol. The van der Waals surface area contributed by atoms with Crippen LogP contribution in [0.3, 0.4) is 0 Å². The summed E-state index contributed by atoms with van der Waals surface area (Å²) in [5.41, 5.74) is 3.04. The average Bonchev–Trinajstić information content (AvgIpc) is 2.72. The highest BCUT2D eigenvalue weighted by molar-refractivity contribution is 6.31. The number of benzene rings is 2. The van der Waals surface area contributed by atoms with Crippen molar-refractivity contribution in [1.82, 2.24) is 0 Å². The second-order valence-corrected chi connectivity index (χ2v) is 7.99. The number of piperazine rings is 1. The SMILES string of the molecule is COc1ccc(C[NH+]2CC[NH+](CC(=O)Nc3cc(Cl)ccc3C)CC2)cc1OC. The number of nitrogens with one attached hydrogen (secondary N) is 3. The van der Waals surface area contributed by atoms with E-state index in [4.69, 9.17) is 21.1 Å². The second-order valence-electron chi connectivity index (χ2n) is 7.55. The molecule has 29 heavy (non-hydrogen) atoms. The minimum absolute atomic E-state index is 0.0358. The Bertz CT molecular complexity index is 851. The molecule has 0 aromatic heterocycles. The fourth-order valence-electron chi connectivity index (χ4n) is 3.74. The quantitative estimate of drug-likeness (QED) is 0.615. The van der Waals surface area contributed by atoms with Crippen LogP contribution in [0, 0.1) is 6.92 Å². The summed E-state index contributed by atoms with van der Waals surface area (Å²) in [6.45, 7) is 7.42. The Morgan fingerprint density at radius 1 is 1.00 bits per heavy atom. The molecule has 7 heteroatoms. The van der Waals surface area contributed by atoms with Crippen LogP contribution in [0.4, 0.5) is 5.69 Å². The van der Waals surface area contributed by atoms with Crippen molar-refractivity contribution < 1.29 is 24.1 Å². The van der Waals surface area contributed by atoms with Crippen LogP contribution in [0.1, 0.15) is 11.1 Å². The van der Waals surface area contributed by atoms with Crippen molar-refractivity contribution >= 4 is 23.2 Å². The monoisotopic (exact) mass is 419 g/mol. The van der Waals surface area contributed by atoms with E-state index in [-0.39, 0.29) is 5.91 Å². The third-order valence-electron chi connectivity index (χ3n) is 5.45. The van der Waals surface area contributed by atoms with Gasteiger partial charge in [-0.3, -0.25) is 4.79 Å². The van der Waals surface area contributed by atoms with Gasteiger partial charge in [0, 0.05) is 16.3 Å². The first kappa shape index (κ1) is 21.4. The number of ether oxygens (including phenoxy) is 2. The molecule has 0 atom stereocenters. The molecule has 3 rings (SSSR count). The van der Waals surface area contributed by atoms with Crippen molar-refractivity contribution in [2.75, 3.05) is 52.3 Å². The molecule has 1 amide bonds. The first-order valence-corrected chi connectivity index (χ1v) is 10.3. The Labute approximate surface area is 177 Å². The Kier molecular flexibility index (Phi) is 7.36. The Balaban J connectivity index is 1.48. The maximum Gasteiger partial charge on any atom is 0.279 e. The number of hydrogen-bond acceptors (Lipinski definition) is 3. The van der Waals surface area contributed by atoms with Crippen LogP contribution in [0.2, 0.25) is 5.02 Å². The molecule has 2 aromatic rings. The summed E-state index contributed by atoms with van der Waals surface area (Å²) in [5, 5.41) is 3.63. The van der Waals surface area contributed by atoms with Crippen molar-refractivity contribution in [3.63, 3.8) is 0 Å². The number of anilines is 1. The Hall–Kier alpha value is -2.28. The fraction of sp³-hybridized carbons (Fsp3) is 0.409. The molecule has 0 bridgehead atoms. The summed E-state index contributed by atoms with van der Waals surface area (Å²) in [4.78, 5) is 15.3. The van der Waals surface area contributed by atoms with Crippen LogP contribution in [0.15, 0.2) is 36.4 Å². The lowest BCUT2D eigenvalue weighted by molar-refractivity contribution is -1.02. The molecule has 3 N–H and O–H groups in total. The van der Waals surface area contributed by atoms with Crippen LogP contribution >= 0.6 is 11.6 Å². The van der Waals surface area contributed by atoms with E-state index in [1.54, 1.807) is 20.3 Å². The van der Waals surface area contributed by atoms with Crippen LogP contribution < -0.4 is 24.6 Å². The van der Waals surface area contributed by atoms with Gasteiger partial charge < -0.3 is 24.6 Å². The molecule has 0 saturated carbocycles. The standard InChI is InChI=1S/C22H28ClN3O3/c1-16-4-6-18(23)13-19(16)24-22(27)15-26-10-8-25(9-11-26)14-17-5-7-20(28-2)21(12-17)29-3/h4-7,12-13H,8-11,14-15H2,1-3H3,(H,24,27)/p+2. The lowest BCUT2D eigenvalue weighted by Crippen LogP contribution is -3.28. The molecule has 1 aliphatic rings. The first-order valence-electron chi connectivity index (χ1n) is 9.92. The topological polar surface area (TPSA) is 56.4 Å². The number of amides is 1. The normalized spacial score (nSPS) is 18.9. The first-order chi connectivity index (χ1) is 14.0. The third kappa shape index (κ3) is 5.85. The smallest absolute Gasteiger partial charge is 0.279 e. The van der Waals surface area contributed by atoms with Gasteiger partial charge in [0.15, 0.2) is 18.0 Å². The number of hydrogen-bond donors (Lipinski definition) is 3. The molecule has 1 fully saturated rings. The largest absolute Gasteiger partial charge is 0.493 e. The van der Waals surface area contributed by atoms with E-state index in [0.29, 0.717) is 11.6 Å². The summed E-state index contributed by atoms with van der Waals surface area (Å²) in [5.74, 6) is 1.55. The van der Waals surface area contributed by atoms with Gasteiger partial charge in [-0.15, -0.1) is 0 Å². The highest BCUT2D eigenvalue weighted by Gasteiger charge is 2.25. The van der Waals surface area contributed by atoms with E-state index >= 15 is 0 Å². The number of carbonyl (C=O) groups is 1. The van der Waals surface area contributed by atoms with Crippen molar-refractivity contribution in [3.8, 4) is 11.5 Å². The number of quaternary nitrogens is 2. The van der Waals surface area contributed by atoms with E-state index in [2.05, 4.69) is 11.4 Å². The minimum atomic E-state index is 0.0358. The van der Waals surface area contributed by atoms with E-state index in [0.717, 1.165) is 55.5 Å². The zero-order valence-electron chi connectivity index (χ0n) is 17.3. The maximum atomic E-state index is 12.4. The number of rotatable bonds is 7. The van der Waals surface area contributed by atoms with Crippen molar-refractivity contribution in [1.29, 1.82) is 0 Å². The molecule has 6 nitrogen and oxygen atoms in total. The van der Waals surface area contributed by atoms with Crippen LogP contribution in [0.25, 0.3) is 0 Å². The summed E-state index contributed by atoms with van der Waals surface area (Å²) in [6, 6.07) is 11.6. The fourth-order valence-corrected chi connectivity index (χ4v) is 3.91. The molecule has 0 aliphatic carbocycles. The summed E-state index contributed by atoms with van der Waals surface area (Å²) in [7, 11) is 3.31. The predicted octanol–water partition coefficient (Wildman–Crippen LogP) is 0.588. The van der Waals surface area contributed by atoms with Crippen molar-refractivity contribution in [2.45, 2.75) is 13.5 Å². The average molecular weight is 420 g/mol. The van der Waals surface area contributed by atoms with Crippen LogP contribution in [-0.4, -0.2) is 52.9 Å².